The first-order valence-electron chi connectivity index (χ1n) is 8.56. The molecule has 1 aliphatic rings. The van der Waals surface area contributed by atoms with Gasteiger partial charge in [-0.25, -0.2) is 4.79 Å². The maximum Gasteiger partial charge on any atom is 0.330 e. The van der Waals surface area contributed by atoms with E-state index in [-0.39, 0.29) is 5.91 Å². The fourth-order valence-corrected chi connectivity index (χ4v) is 5.40. The van der Waals surface area contributed by atoms with Gasteiger partial charge >= 0.3 is 5.97 Å². The SMILES string of the molecule is C=CC(=O)OCCCNC(=O)CCCCCCCC1CCSS1. The van der Waals surface area contributed by atoms with Gasteiger partial charge in [0.15, 0.2) is 0 Å². The van der Waals surface area contributed by atoms with Crippen molar-refractivity contribution in [2.24, 2.45) is 0 Å². The molecule has 1 saturated heterocycles. The van der Waals surface area contributed by atoms with Gasteiger partial charge in [-0.1, -0.05) is 53.9 Å². The zero-order valence-corrected chi connectivity index (χ0v) is 15.5. The third-order valence-corrected chi connectivity index (χ3v) is 6.72. The first-order valence-corrected chi connectivity index (χ1v) is 10.9. The highest BCUT2D eigenvalue weighted by molar-refractivity contribution is 8.77. The number of ether oxygens (including phenoxy) is 1. The molecule has 132 valence electrons. The molecule has 0 spiro atoms. The van der Waals surface area contributed by atoms with Crippen molar-refractivity contribution in [3.63, 3.8) is 0 Å². The van der Waals surface area contributed by atoms with Gasteiger partial charge < -0.3 is 10.1 Å². The molecule has 0 aromatic heterocycles. The standard InChI is InChI=1S/C17H29NO3S2/c1-2-17(20)21-13-8-12-18-16(19)10-7-5-3-4-6-9-15-11-14-22-23-15/h2,15H,1,3-14H2,(H,18,19). The summed E-state index contributed by atoms with van der Waals surface area (Å²) >= 11 is 0. The van der Waals surface area contributed by atoms with Crippen LogP contribution in [0.2, 0.25) is 0 Å². The highest BCUT2D eigenvalue weighted by Crippen LogP contribution is 2.39. The van der Waals surface area contributed by atoms with E-state index in [1.54, 1.807) is 0 Å². The predicted molar refractivity (Wildman–Crippen MR) is 99.6 cm³/mol. The average molecular weight is 360 g/mol. The summed E-state index contributed by atoms with van der Waals surface area (Å²) in [6, 6.07) is 0. The quantitative estimate of drug-likeness (QED) is 0.232. The van der Waals surface area contributed by atoms with E-state index in [1.165, 1.54) is 37.9 Å². The van der Waals surface area contributed by atoms with E-state index < -0.39 is 5.97 Å². The minimum Gasteiger partial charge on any atom is -0.462 e. The van der Waals surface area contributed by atoms with Crippen molar-refractivity contribution in [2.75, 3.05) is 18.9 Å². The van der Waals surface area contributed by atoms with Crippen molar-refractivity contribution in [1.29, 1.82) is 0 Å². The molecule has 6 heteroatoms. The van der Waals surface area contributed by atoms with Gasteiger partial charge in [0.2, 0.25) is 5.91 Å². The van der Waals surface area contributed by atoms with Crippen LogP contribution in [0, 0.1) is 0 Å². The summed E-state index contributed by atoms with van der Waals surface area (Å²) in [5.41, 5.74) is 0. The number of carbonyl (C=O) groups excluding carboxylic acids is 2. The highest BCUT2D eigenvalue weighted by atomic mass is 33.1. The van der Waals surface area contributed by atoms with Gasteiger partial charge in [-0.3, -0.25) is 4.79 Å². The van der Waals surface area contributed by atoms with Crippen LogP contribution in [0.4, 0.5) is 0 Å². The lowest BCUT2D eigenvalue weighted by Gasteiger charge is -2.07. The van der Waals surface area contributed by atoms with Crippen molar-refractivity contribution in [2.45, 2.75) is 63.0 Å². The summed E-state index contributed by atoms with van der Waals surface area (Å²) in [6.07, 6.45) is 11.1. The molecule has 1 fully saturated rings. The molecule has 0 radical (unpaired) electrons. The number of nitrogens with one attached hydrogen (secondary N) is 1. The lowest BCUT2D eigenvalue weighted by Crippen LogP contribution is -2.25. The third kappa shape index (κ3) is 11.5. The molecule has 1 heterocycles. The Kier molecular flexibility index (Phi) is 12.2. The average Bonchev–Trinajstić information content (AvgIpc) is 3.06. The third-order valence-electron chi connectivity index (χ3n) is 3.71. The summed E-state index contributed by atoms with van der Waals surface area (Å²) in [7, 11) is 4.07. The van der Waals surface area contributed by atoms with Crippen LogP contribution in [0.25, 0.3) is 0 Å². The van der Waals surface area contributed by atoms with Gasteiger partial charge in [-0.05, 0) is 25.7 Å². The zero-order valence-electron chi connectivity index (χ0n) is 13.9. The fourth-order valence-electron chi connectivity index (χ4n) is 2.37. The minimum absolute atomic E-state index is 0.0967. The molecule has 0 aliphatic carbocycles. The van der Waals surface area contributed by atoms with Crippen molar-refractivity contribution in [3.8, 4) is 0 Å². The van der Waals surface area contributed by atoms with Gasteiger partial charge in [0.1, 0.15) is 0 Å². The minimum atomic E-state index is -0.415. The van der Waals surface area contributed by atoms with Crippen LogP contribution in [0.1, 0.15) is 57.8 Å². The van der Waals surface area contributed by atoms with Gasteiger partial charge in [-0.2, -0.15) is 0 Å². The Bertz CT molecular complexity index is 358. The summed E-state index contributed by atoms with van der Waals surface area (Å²) < 4.78 is 4.83. The molecule has 0 bridgehead atoms. The number of hydrogen-bond acceptors (Lipinski definition) is 5. The maximum absolute atomic E-state index is 11.6. The molecular formula is C17H29NO3S2. The number of amides is 1. The number of unbranched alkanes of at least 4 members (excludes halogenated alkanes) is 4. The van der Waals surface area contributed by atoms with Crippen molar-refractivity contribution >= 4 is 33.5 Å². The molecule has 0 aromatic rings. The lowest BCUT2D eigenvalue weighted by molar-refractivity contribution is -0.137. The zero-order chi connectivity index (χ0) is 16.8. The summed E-state index contributed by atoms with van der Waals surface area (Å²) in [5.74, 6) is 1.00. The first kappa shape index (κ1) is 20.4. The number of hydrogen-bond donors (Lipinski definition) is 1. The van der Waals surface area contributed by atoms with Gasteiger partial charge in [-0.15, -0.1) is 0 Å². The van der Waals surface area contributed by atoms with Gasteiger partial charge in [0.05, 0.1) is 6.61 Å². The van der Waals surface area contributed by atoms with E-state index in [4.69, 9.17) is 4.74 Å². The first-order chi connectivity index (χ1) is 11.2. The van der Waals surface area contributed by atoms with E-state index in [1.807, 2.05) is 10.8 Å². The second-order valence-electron chi connectivity index (χ2n) is 5.71. The monoisotopic (exact) mass is 359 g/mol. The molecule has 1 amide bonds. The Balaban J connectivity index is 1.80. The smallest absolute Gasteiger partial charge is 0.330 e. The number of esters is 1. The molecule has 1 N–H and O–H groups in total. The van der Waals surface area contributed by atoms with E-state index in [0.717, 1.165) is 24.2 Å². The largest absolute Gasteiger partial charge is 0.462 e. The van der Waals surface area contributed by atoms with Gasteiger partial charge in [0, 0.05) is 30.0 Å². The maximum atomic E-state index is 11.6. The Morgan fingerprint density at radius 3 is 2.70 bits per heavy atom. The molecule has 4 nitrogen and oxygen atoms in total. The molecule has 23 heavy (non-hydrogen) atoms. The number of rotatable bonds is 13. The second-order valence-corrected chi connectivity index (χ2v) is 8.50. The highest BCUT2D eigenvalue weighted by Gasteiger charge is 2.15. The van der Waals surface area contributed by atoms with Crippen LogP contribution in [0.15, 0.2) is 12.7 Å². The molecule has 1 atom stereocenters. The molecule has 0 aromatic carbocycles. The molecule has 1 aliphatic heterocycles. The summed E-state index contributed by atoms with van der Waals surface area (Å²) in [4.78, 5) is 22.4. The van der Waals surface area contributed by atoms with Crippen LogP contribution >= 0.6 is 21.6 Å². The second kappa shape index (κ2) is 13.8. The topological polar surface area (TPSA) is 55.4 Å². The van der Waals surface area contributed by atoms with Crippen LogP contribution in [0.3, 0.4) is 0 Å². The fraction of sp³-hybridized carbons (Fsp3) is 0.765. The van der Waals surface area contributed by atoms with Crippen LogP contribution < -0.4 is 5.32 Å². The summed E-state index contributed by atoms with van der Waals surface area (Å²) in [6.45, 7) is 4.20. The van der Waals surface area contributed by atoms with Crippen LogP contribution in [0.5, 0.6) is 0 Å². The normalized spacial score (nSPS) is 17.0. The summed E-state index contributed by atoms with van der Waals surface area (Å²) in [5, 5.41) is 3.74. The Morgan fingerprint density at radius 1 is 1.17 bits per heavy atom. The lowest BCUT2D eigenvalue weighted by atomic mass is 10.1. The Labute approximate surface area is 148 Å². The molecular weight excluding hydrogens is 330 g/mol. The number of carbonyl (C=O) groups is 2. The van der Waals surface area contributed by atoms with Crippen molar-refractivity contribution < 1.29 is 14.3 Å². The van der Waals surface area contributed by atoms with E-state index >= 15 is 0 Å². The van der Waals surface area contributed by atoms with E-state index in [0.29, 0.717) is 26.0 Å². The Hall–Kier alpha value is -0.620. The van der Waals surface area contributed by atoms with Crippen molar-refractivity contribution in [3.05, 3.63) is 12.7 Å². The predicted octanol–water partition coefficient (Wildman–Crippen LogP) is 4.11. The molecule has 1 unspecified atom stereocenters. The van der Waals surface area contributed by atoms with Crippen LogP contribution in [-0.4, -0.2) is 36.0 Å². The molecule has 1 rings (SSSR count). The van der Waals surface area contributed by atoms with E-state index in [9.17, 15) is 9.59 Å². The Morgan fingerprint density at radius 2 is 1.96 bits per heavy atom. The molecule has 0 saturated carbocycles. The van der Waals surface area contributed by atoms with Gasteiger partial charge in [0.25, 0.3) is 0 Å². The van der Waals surface area contributed by atoms with Crippen LogP contribution in [-0.2, 0) is 14.3 Å². The van der Waals surface area contributed by atoms with E-state index in [2.05, 4.69) is 22.7 Å². The van der Waals surface area contributed by atoms with Crippen molar-refractivity contribution in [1.82, 2.24) is 5.32 Å².